The molecule has 1 rings (SSSR count). The van der Waals surface area contributed by atoms with Gasteiger partial charge in [0.25, 0.3) is 0 Å². The van der Waals surface area contributed by atoms with E-state index in [2.05, 4.69) is 37.3 Å². The summed E-state index contributed by atoms with van der Waals surface area (Å²) in [4.78, 5) is 10.5. The average Bonchev–Trinajstić information content (AvgIpc) is 2.92. The van der Waals surface area contributed by atoms with Gasteiger partial charge in [0.05, 0.1) is 12.7 Å². The Bertz CT molecular complexity index is 615. The summed E-state index contributed by atoms with van der Waals surface area (Å²) in [5, 5.41) is 8.63. The molecular weight excluding hydrogens is 468 g/mol. The molecule has 220 valence electrons. The lowest BCUT2D eigenvalue weighted by atomic mass is 10.0. The molecule has 0 aliphatic rings. The van der Waals surface area contributed by atoms with Crippen molar-refractivity contribution in [1.82, 2.24) is 0 Å². The maximum Gasteiger partial charge on any atom is 0.303 e. The number of unbranched alkanes of at least 4 members (excludes halogenated alkanes) is 22. The molecule has 1 N–H and O–H groups in total. The maximum atomic E-state index is 10.5. The zero-order valence-electron chi connectivity index (χ0n) is 25.1. The van der Waals surface area contributed by atoms with E-state index in [9.17, 15) is 4.79 Å². The first-order chi connectivity index (χ1) is 18.7. The van der Waals surface area contributed by atoms with E-state index in [1.807, 2.05) is 0 Å². The van der Waals surface area contributed by atoms with Crippen LogP contribution in [0.3, 0.4) is 0 Å². The first kappa shape index (κ1) is 34.7. The van der Waals surface area contributed by atoms with Crippen LogP contribution in [0.1, 0.15) is 173 Å². The lowest BCUT2D eigenvalue weighted by molar-refractivity contribution is -0.137. The number of aliphatic carboxylic acids is 1. The van der Waals surface area contributed by atoms with E-state index >= 15 is 0 Å². The lowest BCUT2D eigenvalue weighted by Crippen LogP contribution is -2.07. The second-order valence-corrected chi connectivity index (χ2v) is 11.7. The van der Waals surface area contributed by atoms with Crippen LogP contribution in [0, 0.1) is 0 Å². The van der Waals surface area contributed by atoms with Gasteiger partial charge in [0.2, 0.25) is 0 Å². The van der Waals surface area contributed by atoms with Crippen molar-refractivity contribution in [2.45, 2.75) is 180 Å². The van der Waals surface area contributed by atoms with Crippen LogP contribution < -0.4 is 0 Å². The fourth-order valence-electron chi connectivity index (χ4n) is 5.32. The van der Waals surface area contributed by atoms with Gasteiger partial charge >= 0.3 is 5.97 Å². The number of benzene rings is 1. The standard InChI is InChI=1S/C35H62O3/c1-33(38-32-34-29-25-23-26-30-34)28-24-21-19-17-15-13-11-9-7-5-3-2-4-6-8-10-12-14-16-18-20-22-27-31-35(36)37/h23,25-26,29-30,33H,2-22,24,27-28,31-32H2,1H3,(H,36,37). The second-order valence-electron chi connectivity index (χ2n) is 11.7. The minimum Gasteiger partial charge on any atom is -0.481 e. The summed E-state index contributed by atoms with van der Waals surface area (Å²) in [5.41, 5.74) is 1.27. The van der Waals surface area contributed by atoms with Gasteiger partial charge in [-0.05, 0) is 25.3 Å². The molecule has 1 unspecified atom stereocenters. The van der Waals surface area contributed by atoms with E-state index < -0.39 is 5.97 Å². The zero-order valence-corrected chi connectivity index (χ0v) is 25.1. The Morgan fingerprint density at radius 2 is 0.921 bits per heavy atom. The van der Waals surface area contributed by atoms with Crippen LogP contribution in [0.15, 0.2) is 30.3 Å². The summed E-state index contributed by atoms with van der Waals surface area (Å²) in [5.74, 6) is -0.653. The van der Waals surface area contributed by atoms with Crippen LogP contribution in [0.2, 0.25) is 0 Å². The summed E-state index contributed by atoms with van der Waals surface area (Å²) in [6.07, 6.45) is 33.0. The van der Waals surface area contributed by atoms with Crippen molar-refractivity contribution in [3.63, 3.8) is 0 Å². The Morgan fingerprint density at radius 3 is 1.29 bits per heavy atom. The van der Waals surface area contributed by atoms with E-state index in [1.165, 1.54) is 147 Å². The fourth-order valence-corrected chi connectivity index (χ4v) is 5.32. The number of hydrogen-bond donors (Lipinski definition) is 1. The summed E-state index contributed by atoms with van der Waals surface area (Å²) < 4.78 is 5.97. The number of carboxylic acids is 1. The quantitative estimate of drug-likeness (QED) is 0.105. The molecule has 3 nitrogen and oxygen atoms in total. The van der Waals surface area contributed by atoms with Crippen molar-refractivity contribution in [2.24, 2.45) is 0 Å². The molecule has 1 atom stereocenters. The number of carbonyl (C=O) groups is 1. The summed E-state index contributed by atoms with van der Waals surface area (Å²) >= 11 is 0. The van der Waals surface area contributed by atoms with Crippen molar-refractivity contribution in [2.75, 3.05) is 0 Å². The maximum absolute atomic E-state index is 10.5. The van der Waals surface area contributed by atoms with Crippen LogP contribution >= 0.6 is 0 Å². The summed E-state index contributed by atoms with van der Waals surface area (Å²) in [6.45, 7) is 2.95. The monoisotopic (exact) mass is 530 g/mol. The van der Waals surface area contributed by atoms with E-state index in [0.717, 1.165) is 19.4 Å². The highest BCUT2D eigenvalue weighted by atomic mass is 16.5. The van der Waals surface area contributed by atoms with Crippen molar-refractivity contribution >= 4 is 5.97 Å². The van der Waals surface area contributed by atoms with E-state index in [4.69, 9.17) is 9.84 Å². The molecule has 0 aliphatic heterocycles. The van der Waals surface area contributed by atoms with Crippen LogP contribution in [0.25, 0.3) is 0 Å². The lowest BCUT2D eigenvalue weighted by Gasteiger charge is -2.13. The van der Waals surface area contributed by atoms with Gasteiger partial charge in [-0.15, -0.1) is 0 Å². The molecule has 0 aromatic heterocycles. The summed E-state index contributed by atoms with van der Waals surface area (Å²) in [6, 6.07) is 10.5. The van der Waals surface area contributed by atoms with Gasteiger partial charge in [0.1, 0.15) is 0 Å². The van der Waals surface area contributed by atoms with Gasteiger partial charge in [-0.3, -0.25) is 4.79 Å². The molecule has 0 heterocycles. The number of ether oxygens (including phenoxy) is 1. The predicted molar refractivity (Wildman–Crippen MR) is 164 cm³/mol. The molecule has 1 aromatic rings. The van der Waals surface area contributed by atoms with Crippen LogP contribution in [0.5, 0.6) is 0 Å². The Kier molecular flexibility index (Phi) is 24.8. The molecule has 0 saturated carbocycles. The summed E-state index contributed by atoms with van der Waals surface area (Å²) in [7, 11) is 0. The van der Waals surface area contributed by atoms with Gasteiger partial charge in [0.15, 0.2) is 0 Å². The Hall–Kier alpha value is -1.35. The highest BCUT2D eigenvalue weighted by Crippen LogP contribution is 2.16. The van der Waals surface area contributed by atoms with E-state index in [1.54, 1.807) is 0 Å². The topological polar surface area (TPSA) is 46.5 Å². The molecule has 0 amide bonds. The van der Waals surface area contributed by atoms with Gasteiger partial charge in [-0.1, -0.05) is 172 Å². The van der Waals surface area contributed by atoms with Crippen molar-refractivity contribution in [1.29, 1.82) is 0 Å². The first-order valence-electron chi connectivity index (χ1n) is 16.6. The molecule has 0 aliphatic carbocycles. The van der Waals surface area contributed by atoms with Crippen molar-refractivity contribution < 1.29 is 14.6 Å². The van der Waals surface area contributed by atoms with Crippen molar-refractivity contribution in [3.05, 3.63) is 35.9 Å². The van der Waals surface area contributed by atoms with Crippen molar-refractivity contribution in [3.8, 4) is 0 Å². The van der Waals surface area contributed by atoms with E-state index in [0.29, 0.717) is 12.5 Å². The molecule has 0 radical (unpaired) electrons. The Morgan fingerprint density at radius 1 is 0.579 bits per heavy atom. The van der Waals surface area contributed by atoms with Gasteiger partial charge in [-0.25, -0.2) is 0 Å². The van der Waals surface area contributed by atoms with Gasteiger partial charge in [0, 0.05) is 6.42 Å². The zero-order chi connectivity index (χ0) is 27.4. The molecule has 0 saturated heterocycles. The molecule has 0 bridgehead atoms. The predicted octanol–water partition coefficient (Wildman–Crippen LogP) is 11.4. The fraction of sp³-hybridized carbons (Fsp3) is 0.800. The molecule has 0 spiro atoms. The number of hydrogen-bond acceptors (Lipinski definition) is 2. The molecule has 38 heavy (non-hydrogen) atoms. The molecule has 3 heteroatoms. The smallest absolute Gasteiger partial charge is 0.303 e. The Balaban J connectivity index is 1.67. The highest BCUT2D eigenvalue weighted by molar-refractivity contribution is 5.66. The SMILES string of the molecule is CC(CCCCCCCCCCCCCCCCCCCCCCCCCC(=O)O)OCc1ccccc1. The van der Waals surface area contributed by atoms with Crippen LogP contribution in [-0.4, -0.2) is 17.2 Å². The third-order valence-corrected chi connectivity index (χ3v) is 7.88. The molecular formula is C35H62O3. The third-order valence-electron chi connectivity index (χ3n) is 7.88. The normalized spacial score (nSPS) is 12.1. The minimum absolute atomic E-state index is 0.341. The number of carboxylic acid groups (broad SMARTS) is 1. The largest absolute Gasteiger partial charge is 0.481 e. The van der Waals surface area contributed by atoms with Crippen LogP contribution in [0.4, 0.5) is 0 Å². The van der Waals surface area contributed by atoms with Gasteiger partial charge in [-0.2, -0.15) is 0 Å². The number of rotatable bonds is 29. The highest BCUT2D eigenvalue weighted by Gasteiger charge is 2.03. The molecule has 0 fully saturated rings. The molecule has 1 aromatic carbocycles. The van der Waals surface area contributed by atoms with Crippen LogP contribution in [-0.2, 0) is 16.1 Å². The minimum atomic E-state index is -0.653. The first-order valence-corrected chi connectivity index (χ1v) is 16.6. The second kappa shape index (κ2) is 27.2. The Labute approximate surface area is 236 Å². The average molecular weight is 531 g/mol. The third kappa shape index (κ3) is 25.0. The van der Waals surface area contributed by atoms with Gasteiger partial charge < -0.3 is 9.84 Å². The van der Waals surface area contributed by atoms with E-state index in [-0.39, 0.29) is 0 Å².